The minimum Gasteiger partial charge on any atom is -0.495 e. The van der Waals surface area contributed by atoms with E-state index in [9.17, 15) is 9.59 Å². The van der Waals surface area contributed by atoms with Crippen LogP contribution in [-0.4, -0.2) is 31.1 Å². The quantitative estimate of drug-likeness (QED) is 0.765. The molecule has 0 aliphatic carbocycles. The first-order valence-electron chi connectivity index (χ1n) is 9.24. The maximum absolute atomic E-state index is 13.6. The largest absolute Gasteiger partial charge is 0.495 e. The average Bonchev–Trinajstić information content (AvgIpc) is 2.67. The lowest BCUT2D eigenvalue weighted by Gasteiger charge is -2.40. The predicted molar refractivity (Wildman–Crippen MR) is 102 cm³/mol. The molecule has 27 heavy (non-hydrogen) atoms. The number of fused-ring (bicyclic) bond motifs is 2. The highest BCUT2D eigenvalue weighted by Gasteiger charge is 2.46. The number of carbonyl (C=O) groups excluding carboxylic acids is 2. The average molecular weight is 365 g/mol. The first kappa shape index (κ1) is 17.6. The second-order valence-electron chi connectivity index (χ2n) is 7.43. The summed E-state index contributed by atoms with van der Waals surface area (Å²) in [5.41, 5.74) is 3.23. The van der Waals surface area contributed by atoms with Gasteiger partial charge in [-0.25, -0.2) is 4.79 Å². The Morgan fingerprint density at radius 1 is 1.22 bits per heavy atom. The van der Waals surface area contributed by atoms with Gasteiger partial charge in [0.05, 0.1) is 18.4 Å². The van der Waals surface area contributed by atoms with Gasteiger partial charge in [-0.15, -0.1) is 0 Å². The summed E-state index contributed by atoms with van der Waals surface area (Å²) in [5.74, 6) is 0.0335. The summed E-state index contributed by atoms with van der Waals surface area (Å²) < 4.78 is 11.2. The maximum Gasteiger partial charge on any atom is 0.339 e. The van der Waals surface area contributed by atoms with Gasteiger partial charge in [-0.1, -0.05) is 24.3 Å². The van der Waals surface area contributed by atoms with Crippen LogP contribution >= 0.6 is 0 Å². The Morgan fingerprint density at radius 2 is 2.00 bits per heavy atom. The zero-order chi connectivity index (χ0) is 19.2. The summed E-state index contributed by atoms with van der Waals surface area (Å²) in [6.45, 7) is 4.34. The van der Waals surface area contributed by atoms with Gasteiger partial charge in [0.2, 0.25) is 0 Å². The van der Waals surface area contributed by atoms with Gasteiger partial charge in [0.15, 0.2) is 5.60 Å². The van der Waals surface area contributed by atoms with Gasteiger partial charge >= 0.3 is 5.97 Å². The van der Waals surface area contributed by atoms with Crippen molar-refractivity contribution in [2.75, 3.05) is 18.6 Å². The van der Waals surface area contributed by atoms with E-state index in [1.54, 1.807) is 31.1 Å². The van der Waals surface area contributed by atoms with Crippen LogP contribution in [0.15, 0.2) is 36.4 Å². The van der Waals surface area contributed by atoms with Crippen molar-refractivity contribution in [2.45, 2.75) is 38.7 Å². The molecule has 5 heteroatoms. The monoisotopic (exact) mass is 365 g/mol. The number of cyclic esters (lactones) is 1. The van der Waals surface area contributed by atoms with Gasteiger partial charge in [0, 0.05) is 13.0 Å². The molecule has 5 nitrogen and oxygen atoms in total. The van der Waals surface area contributed by atoms with Crippen molar-refractivity contribution in [3.63, 3.8) is 0 Å². The summed E-state index contributed by atoms with van der Waals surface area (Å²) >= 11 is 0. The van der Waals surface area contributed by atoms with Crippen LogP contribution in [0, 0.1) is 6.92 Å². The van der Waals surface area contributed by atoms with E-state index in [1.165, 1.54) is 0 Å². The molecule has 0 saturated heterocycles. The highest BCUT2D eigenvalue weighted by Crippen LogP contribution is 2.40. The Kier molecular flexibility index (Phi) is 4.17. The van der Waals surface area contributed by atoms with E-state index < -0.39 is 11.6 Å². The Bertz CT molecular complexity index is 936. The number of aryl methyl sites for hydroxylation is 1. The number of hydrogen-bond acceptors (Lipinski definition) is 4. The molecule has 1 atom stereocenters. The molecule has 0 N–H and O–H groups in total. The number of ether oxygens (including phenoxy) is 2. The third-order valence-corrected chi connectivity index (χ3v) is 5.56. The van der Waals surface area contributed by atoms with E-state index >= 15 is 0 Å². The highest BCUT2D eigenvalue weighted by molar-refractivity contribution is 6.05. The number of hydrogen-bond donors (Lipinski definition) is 0. The number of amides is 1. The molecule has 0 aromatic heterocycles. The van der Waals surface area contributed by atoms with Gasteiger partial charge in [-0.3, -0.25) is 4.79 Å². The number of esters is 1. The number of rotatable bonds is 2. The van der Waals surface area contributed by atoms with Crippen LogP contribution in [-0.2, 0) is 22.4 Å². The molecular weight excluding hydrogens is 342 g/mol. The van der Waals surface area contributed by atoms with Crippen molar-refractivity contribution >= 4 is 17.6 Å². The van der Waals surface area contributed by atoms with E-state index in [-0.39, 0.29) is 5.91 Å². The second-order valence-corrected chi connectivity index (χ2v) is 7.43. The third-order valence-electron chi connectivity index (χ3n) is 5.56. The smallest absolute Gasteiger partial charge is 0.339 e. The Morgan fingerprint density at radius 3 is 2.78 bits per heavy atom. The second kappa shape index (κ2) is 6.41. The molecule has 4 rings (SSSR count). The Hall–Kier alpha value is -2.82. The van der Waals surface area contributed by atoms with Gasteiger partial charge in [0.1, 0.15) is 5.75 Å². The number of carbonyl (C=O) groups is 2. The molecule has 0 saturated carbocycles. The standard InChI is InChI=1S/C22H23NO4/c1-14-10-11-18(26-3)19-16(14)9-6-12-23(19)21(25)22(2)13-15-7-4-5-8-17(15)20(24)27-22/h4-5,7-8,10-11H,6,9,12-13H2,1-3H3. The molecule has 140 valence electrons. The molecule has 0 fully saturated rings. The summed E-state index contributed by atoms with van der Waals surface area (Å²) in [6.07, 6.45) is 2.14. The summed E-state index contributed by atoms with van der Waals surface area (Å²) in [6, 6.07) is 11.2. The zero-order valence-electron chi connectivity index (χ0n) is 15.9. The molecule has 2 aromatic carbocycles. The lowest BCUT2D eigenvalue weighted by Crippen LogP contribution is -2.54. The number of methoxy groups -OCH3 is 1. The van der Waals surface area contributed by atoms with Crippen molar-refractivity contribution in [3.8, 4) is 5.75 Å². The molecule has 1 amide bonds. The van der Waals surface area contributed by atoms with Crippen molar-refractivity contribution < 1.29 is 19.1 Å². The fourth-order valence-corrected chi connectivity index (χ4v) is 4.16. The van der Waals surface area contributed by atoms with Gasteiger partial charge < -0.3 is 14.4 Å². The van der Waals surface area contributed by atoms with E-state index in [0.29, 0.717) is 24.3 Å². The van der Waals surface area contributed by atoms with Crippen molar-refractivity contribution in [3.05, 3.63) is 58.7 Å². The van der Waals surface area contributed by atoms with E-state index in [4.69, 9.17) is 9.47 Å². The van der Waals surface area contributed by atoms with Gasteiger partial charge in [-0.2, -0.15) is 0 Å². The van der Waals surface area contributed by atoms with Crippen LogP contribution in [0.2, 0.25) is 0 Å². The molecule has 2 aliphatic heterocycles. The first-order valence-corrected chi connectivity index (χ1v) is 9.24. The van der Waals surface area contributed by atoms with E-state index in [1.807, 2.05) is 31.2 Å². The highest BCUT2D eigenvalue weighted by atomic mass is 16.6. The first-order chi connectivity index (χ1) is 12.9. The fourth-order valence-electron chi connectivity index (χ4n) is 4.16. The van der Waals surface area contributed by atoms with Crippen LogP contribution in [0.3, 0.4) is 0 Å². The Labute approximate surface area is 158 Å². The fraction of sp³-hybridized carbons (Fsp3) is 0.364. The SMILES string of the molecule is COc1ccc(C)c2c1N(C(=O)C1(C)Cc3ccccc3C(=O)O1)CCC2. The number of anilines is 1. The number of benzene rings is 2. The van der Waals surface area contributed by atoms with Crippen LogP contribution < -0.4 is 9.64 Å². The Balaban J connectivity index is 1.75. The molecule has 0 spiro atoms. The summed E-state index contributed by atoms with van der Waals surface area (Å²) in [7, 11) is 1.61. The lowest BCUT2D eigenvalue weighted by molar-refractivity contribution is -0.137. The van der Waals surface area contributed by atoms with Crippen LogP contribution in [0.5, 0.6) is 5.75 Å². The van der Waals surface area contributed by atoms with Crippen molar-refractivity contribution in [2.24, 2.45) is 0 Å². The minimum absolute atomic E-state index is 0.199. The molecule has 2 aromatic rings. The zero-order valence-corrected chi connectivity index (χ0v) is 15.9. The topological polar surface area (TPSA) is 55.8 Å². The van der Waals surface area contributed by atoms with Crippen LogP contribution in [0.1, 0.15) is 40.4 Å². The molecule has 1 unspecified atom stereocenters. The summed E-state index contributed by atoms with van der Waals surface area (Å²) in [5, 5.41) is 0. The summed E-state index contributed by atoms with van der Waals surface area (Å²) in [4.78, 5) is 27.8. The van der Waals surface area contributed by atoms with E-state index in [0.717, 1.165) is 35.2 Å². The van der Waals surface area contributed by atoms with Crippen molar-refractivity contribution in [1.29, 1.82) is 0 Å². The molecule has 2 heterocycles. The third kappa shape index (κ3) is 2.78. The molecular formula is C22H23NO4. The van der Waals surface area contributed by atoms with Crippen LogP contribution in [0.25, 0.3) is 0 Å². The molecule has 0 radical (unpaired) electrons. The molecule has 0 bridgehead atoms. The van der Waals surface area contributed by atoms with E-state index in [2.05, 4.69) is 0 Å². The minimum atomic E-state index is -1.23. The lowest BCUT2D eigenvalue weighted by atomic mass is 9.87. The van der Waals surface area contributed by atoms with Gasteiger partial charge in [0.25, 0.3) is 5.91 Å². The normalized spacial score (nSPS) is 21.1. The number of nitrogens with zero attached hydrogens (tertiary/aromatic N) is 1. The maximum atomic E-state index is 13.6. The van der Waals surface area contributed by atoms with Gasteiger partial charge in [-0.05, 0) is 55.5 Å². The van der Waals surface area contributed by atoms with Crippen LogP contribution in [0.4, 0.5) is 5.69 Å². The predicted octanol–water partition coefficient (Wildman–Crippen LogP) is 3.45. The van der Waals surface area contributed by atoms with Crippen molar-refractivity contribution in [1.82, 2.24) is 0 Å². The molecule has 2 aliphatic rings.